The Hall–Kier alpha value is -3.85. The Morgan fingerprint density at radius 1 is 0.551 bits per heavy atom. The maximum absolute atomic E-state index is 11.8. The minimum absolute atomic E-state index is 0. The first kappa shape index (κ1) is 80.6. The van der Waals surface area contributed by atoms with Crippen LogP contribution in [0.25, 0.3) is 0 Å². The van der Waals surface area contributed by atoms with Crippen LogP contribution in [0.15, 0.2) is 48.6 Å². The molecule has 0 aromatic carbocycles. The average molecular weight is 1430 g/mol. The molecule has 0 atom stereocenters. The molecule has 446 valence electrons. The van der Waals surface area contributed by atoms with Crippen molar-refractivity contribution in [3.8, 4) is 11.8 Å². The van der Waals surface area contributed by atoms with Crippen LogP contribution in [0.3, 0.4) is 0 Å². The van der Waals surface area contributed by atoms with E-state index < -0.39 is 11.6 Å². The van der Waals surface area contributed by atoms with Crippen LogP contribution < -0.4 is 5.32 Å². The molecule has 0 bridgehead atoms. The van der Waals surface area contributed by atoms with Crippen LogP contribution in [0.2, 0.25) is 0 Å². The molecule has 5 aliphatic heterocycles. The van der Waals surface area contributed by atoms with E-state index >= 15 is 0 Å². The predicted molar refractivity (Wildman–Crippen MR) is 308 cm³/mol. The van der Waals surface area contributed by atoms with Crippen LogP contribution in [-0.4, -0.2) is 144 Å². The summed E-state index contributed by atoms with van der Waals surface area (Å²) in [7, 11) is 0. The van der Waals surface area contributed by atoms with Crippen LogP contribution in [-0.2, 0) is 75.6 Å². The second-order valence-electron chi connectivity index (χ2n) is 21.8. The van der Waals surface area contributed by atoms with Crippen molar-refractivity contribution in [2.45, 2.75) is 191 Å². The monoisotopic (exact) mass is 1430 g/mol. The largest absolute Gasteiger partial charge is 0.520 e. The van der Waals surface area contributed by atoms with E-state index in [9.17, 15) is 33.6 Å². The van der Waals surface area contributed by atoms with Crippen molar-refractivity contribution >= 4 is 43.0 Å². The molecular weight excluding hydrogens is 1330 g/mol. The Morgan fingerprint density at radius 2 is 0.859 bits per heavy atom. The molecule has 4 amide bonds. The molecule has 0 unspecified atom stereocenters. The van der Waals surface area contributed by atoms with Gasteiger partial charge in [-0.15, -0.1) is 11.8 Å². The number of aliphatic carboxylic acids is 1. The molecular formula is C61H103N5O10W2-2. The van der Waals surface area contributed by atoms with Crippen LogP contribution in [0.5, 0.6) is 0 Å². The first-order valence-electron chi connectivity index (χ1n) is 27.6. The molecule has 2 N–H and O–H groups in total. The summed E-state index contributed by atoms with van der Waals surface area (Å²) in [6, 6.07) is 0. The maximum atomic E-state index is 11.8. The third-order valence-corrected chi connectivity index (χ3v) is 13.1. The van der Waals surface area contributed by atoms with E-state index in [1.165, 1.54) is 38.4 Å². The Kier molecular flexibility index (Phi) is 50.7. The number of ketones is 1. The van der Waals surface area contributed by atoms with E-state index in [1.54, 1.807) is 33.8 Å². The number of carbonyl (C=O) groups is 5. The van der Waals surface area contributed by atoms with Crippen molar-refractivity contribution in [3.05, 3.63) is 48.6 Å². The van der Waals surface area contributed by atoms with Gasteiger partial charge in [-0.25, -0.2) is 14.4 Å². The van der Waals surface area contributed by atoms with Gasteiger partial charge >= 0.3 is 18.2 Å². The van der Waals surface area contributed by atoms with Gasteiger partial charge in [0.2, 0.25) is 0 Å². The second-order valence-corrected chi connectivity index (χ2v) is 21.8. The van der Waals surface area contributed by atoms with Gasteiger partial charge in [0, 0.05) is 80.8 Å². The van der Waals surface area contributed by atoms with E-state index in [2.05, 4.69) is 55.3 Å². The topological polar surface area (TPSA) is 183 Å². The Morgan fingerprint density at radius 3 is 1.14 bits per heavy atom. The van der Waals surface area contributed by atoms with Crippen molar-refractivity contribution in [2.75, 3.05) is 65.4 Å². The number of likely N-dealkylation sites (tertiary alicyclic amines) is 4. The molecule has 0 saturated carbocycles. The van der Waals surface area contributed by atoms with E-state index in [-0.39, 0.29) is 73.1 Å². The van der Waals surface area contributed by atoms with Crippen molar-refractivity contribution in [1.82, 2.24) is 24.9 Å². The van der Waals surface area contributed by atoms with Gasteiger partial charge in [-0.3, -0.25) is 4.79 Å². The van der Waals surface area contributed by atoms with Crippen molar-refractivity contribution in [3.63, 3.8) is 0 Å². The van der Waals surface area contributed by atoms with E-state index in [1.807, 2.05) is 79.2 Å². The van der Waals surface area contributed by atoms with Gasteiger partial charge in [0.05, 0.1) is 0 Å². The summed E-state index contributed by atoms with van der Waals surface area (Å²) in [6.07, 6.45) is 35.0. The summed E-state index contributed by atoms with van der Waals surface area (Å²) in [4.78, 5) is 82.2. The molecule has 0 aromatic rings. The van der Waals surface area contributed by atoms with Gasteiger partial charge in [-0.2, -0.15) is 12.8 Å². The molecule has 0 radical (unpaired) electrons. The number of hydrogen-bond donors (Lipinski definition) is 2. The first-order chi connectivity index (χ1) is 35.6. The number of aldehydes is 1. The molecule has 0 aliphatic carbocycles. The molecule has 5 heterocycles. The zero-order valence-corrected chi connectivity index (χ0v) is 54.9. The van der Waals surface area contributed by atoms with Crippen LogP contribution in [0, 0.1) is 41.4 Å². The molecule has 5 saturated heterocycles. The number of ether oxygens (including phenoxy) is 2. The molecule has 17 heteroatoms. The molecule has 5 fully saturated rings. The van der Waals surface area contributed by atoms with Crippen molar-refractivity contribution in [1.29, 1.82) is 0 Å². The smallest absolute Gasteiger partial charge is 0.410 e. The fourth-order valence-corrected chi connectivity index (χ4v) is 8.57. The number of piperidine rings is 5. The fourth-order valence-electron chi connectivity index (χ4n) is 8.57. The number of nitrogens with one attached hydrogen (secondary N) is 1. The molecule has 5 aliphatic rings. The number of allylic oxidation sites excluding steroid dienone is 7. The van der Waals surface area contributed by atoms with Crippen LogP contribution >= 0.6 is 0 Å². The summed E-state index contributed by atoms with van der Waals surface area (Å²) in [5.41, 5.74) is -0.824. The van der Waals surface area contributed by atoms with E-state index in [0.717, 1.165) is 128 Å². The summed E-state index contributed by atoms with van der Waals surface area (Å²) in [5.74, 6) is 7.82. The van der Waals surface area contributed by atoms with Crippen LogP contribution in [0.4, 0.5) is 9.59 Å². The van der Waals surface area contributed by atoms with Crippen molar-refractivity contribution < 1.29 is 90.3 Å². The Labute approximate surface area is 501 Å². The quantitative estimate of drug-likeness (QED) is 0.0555. The Bertz CT molecular complexity index is 1730. The van der Waals surface area contributed by atoms with Gasteiger partial charge < -0.3 is 53.9 Å². The normalized spacial score (nSPS) is 17.6. The van der Waals surface area contributed by atoms with Gasteiger partial charge in [0.15, 0.2) is 5.78 Å². The predicted octanol–water partition coefficient (Wildman–Crippen LogP) is 11.5. The first-order valence-corrected chi connectivity index (χ1v) is 27.6. The summed E-state index contributed by atoms with van der Waals surface area (Å²) in [5, 5.41) is 11.7. The number of hydrogen-bond acceptors (Lipinski definition) is 10. The zero-order chi connectivity index (χ0) is 56.5. The number of amides is 4. The van der Waals surface area contributed by atoms with Crippen molar-refractivity contribution in [2.24, 2.45) is 29.6 Å². The van der Waals surface area contributed by atoms with Gasteiger partial charge in [-0.05, 0) is 241 Å². The van der Waals surface area contributed by atoms with E-state index in [4.69, 9.17) is 14.6 Å². The maximum Gasteiger partial charge on any atom is 0.410 e. The fraction of sp³-hybridized carbons (Fsp3) is 0.721. The average Bonchev–Trinajstić information content (AvgIpc) is 3.38. The van der Waals surface area contributed by atoms with Crippen LogP contribution in [0.1, 0.15) is 180 Å². The second kappa shape index (κ2) is 49.0. The zero-order valence-electron chi connectivity index (χ0n) is 49.0. The van der Waals surface area contributed by atoms with Gasteiger partial charge in [-0.1, -0.05) is 43.9 Å². The SMILES string of the molecule is C.CC#CC.CC(=O)/C=C/CC1CCN([C-]=O)CC1.CC(C)(C)OC(=O)N1CCC(CC=O)CC1.CC=CCC1CCN(C(=O)OC(C)(C)C)CC1.CC=CCC1CCNCC1.O=[C-]N1CCC(C/C=C/C(=O)O)CC1.[W].[W]. The summed E-state index contributed by atoms with van der Waals surface area (Å²) < 4.78 is 10.7. The number of carboxylic acid groups (broad SMARTS) is 1. The molecule has 0 aromatic heterocycles. The number of carbonyl (C=O) groups excluding carboxylic acids is 6. The van der Waals surface area contributed by atoms with E-state index in [0.29, 0.717) is 37.3 Å². The molecule has 0 spiro atoms. The Balaban J connectivity index is -0.000000430. The summed E-state index contributed by atoms with van der Waals surface area (Å²) >= 11 is 0. The third-order valence-electron chi connectivity index (χ3n) is 13.1. The number of carboxylic acids is 1. The molecule has 15 nitrogen and oxygen atoms in total. The number of rotatable bonds is 14. The summed E-state index contributed by atoms with van der Waals surface area (Å²) in [6.45, 7) is 29.3. The minimum Gasteiger partial charge on any atom is -0.520 e. The molecule has 78 heavy (non-hydrogen) atoms. The van der Waals surface area contributed by atoms with Gasteiger partial charge in [0.25, 0.3) is 0 Å². The third kappa shape index (κ3) is 44.9. The standard InChI is InChI=1S/C14H25NO2.C12H21NO3.C11H16NO2.C10H14NO3.C9H17N.C4H6.CH4.2W/c1-5-6-7-12-8-10-15(11-9-12)13(16)17-14(2,3)4;1-12(2,3)16-11(15)13-7-4-10(5-8-13)6-9-14;1-10(14)3-2-4-11-5-7-12(9-13)8-6-11;12-8-11-6-4-9(5-7-11)2-1-3-10(13)14;1-2-3-4-9-5-7-10-8-6-9;1-3-4-2;;;/h5-6,12H,7-11H2,1-4H3;9-10H,4-8H2,1-3H3;2-3,11H,4-8H2,1H3;1,3,9H,2,4-7H2,(H,13,14);2-3,9-10H,4-8H2,1H3;1-2H3;1H4;;/q;;2*-1;;;;;/b;;3-2+;3-1+;;;;;. The van der Waals surface area contributed by atoms with Gasteiger partial charge in [0.1, 0.15) is 17.5 Å². The minimum atomic E-state index is -0.899. The number of nitrogens with zero attached hydrogens (tertiary/aromatic N) is 4. The molecule has 5 rings (SSSR count).